The Balaban J connectivity index is 1.62. The zero-order valence-corrected chi connectivity index (χ0v) is 32.5. The second-order valence-electron chi connectivity index (χ2n) is 15.6. The van der Waals surface area contributed by atoms with Crippen LogP contribution in [0.25, 0.3) is 0 Å². The van der Waals surface area contributed by atoms with Gasteiger partial charge in [0.05, 0.1) is 5.69 Å². The molecular weight excluding hydrogens is 670 g/mol. The predicted molar refractivity (Wildman–Crippen MR) is 197 cm³/mol. The van der Waals surface area contributed by atoms with Crippen LogP contribution in [0.15, 0.2) is 6.20 Å². The minimum absolute atomic E-state index is 0.0430. The van der Waals surface area contributed by atoms with Gasteiger partial charge >= 0.3 is 18.2 Å². The summed E-state index contributed by atoms with van der Waals surface area (Å²) in [4.78, 5) is 64.4. The van der Waals surface area contributed by atoms with Crippen LogP contribution in [-0.2, 0) is 30.3 Å². The van der Waals surface area contributed by atoms with Gasteiger partial charge in [-0.25, -0.2) is 14.3 Å². The molecule has 1 aromatic heterocycles. The van der Waals surface area contributed by atoms with Crippen LogP contribution in [0.5, 0.6) is 0 Å². The average Bonchev–Trinajstić information content (AvgIpc) is 3.51. The van der Waals surface area contributed by atoms with E-state index in [1.165, 1.54) is 0 Å². The van der Waals surface area contributed by atoms with Gasteiger partial charge in [0, 0.05) is 58.3 Å². The molecule has 0 radical (unpaired) electrons. The third kappa shape index (κ3) is 19.6. The molecule has 0 saturated carbocycles. The van der Waals surface area contributed by atoms with Gasteiger partial charge in [0.25, 0.3) is 0 Å². The first-order valence-electron chi connectivity index (χ1n) is 19.2. The molecule has 2 rings (SSSR count). The number of ether oxygens (including phenoxy) is 2. The third-order valence-electron chi connectivity index (χ3n) is 8.48. The summed E-state index contributed by atoms with van der Waals surface area (Å²) >= 11 is 0. The molecule has 0 aromatic carbocycles. The molecule has 52 heavy (non-hydrogen) atoms. The molecule has 296 valence electrons. The molecule has 0 unspecified atom stereocenters. The number of aryl methyl sites for hydroxylation is 1. The minimum Gasteiger partial charge on any atom is -0.481 e. The number of unbranched alkanes of at least 4 members (excludes halogenated alkanes) is 8. The summed E-state index contributed by atoms with van der Waals surface area (Å²) in [7, 11) is 0. The summed E-state index contributed by atoms with van der Waals surface area (Å²) in [6, 6.07) is -0.559. The summed E-state index contributed by atoms with van der Waals surface area (Å²) in [5.74, 6) is -0.844. The molecule has 1 saturated heterocycles. The fourth-order valence-electron chi connectivity index (χ4n) is 5.77. The van der Waals surface area contributed by atoms with Crippen molar-refractivity contribution in [3.05, 3.63) is 11.9 Å². The summed E-state index contributed by atoms with van der Waals surface area (Å²) in [5.41, 5.74) is -0.455. The van der Waals surface area contributed by atoms with Gasteiger partial charge in [-0.3, -0.25) is 14.4 Å². The average molecular weight is 736 g/mol. The van der Waals surface area contributed by atoms with Gasteiger partial charge in [-0.2, -0.15) is 0 Å². The number of hydrogen-bond acceptors (Lipinski definition) is 9. The van der Waals surface area contributed by atoms with Crippen molar-refractivity contribution in [2.24, 2.45) is 0 Å². The van der Waals surface area contributed by atoms with Crippen LogP contribution >= 0.6 is 0 Å². The normalized spacial score (nSPS) is 14.1. The van der Waals surface area contributed by atoms with Crippen LogP contribution in [0.3, 0.4) is 0 Å². The summed E-state index contributed by atoms with van der Waals surface area (Å²) in [5, 5.41) is 23.1. The molecule has 1 fully saturated rings. The van der Waals surface area contributed by atoms with Crippen LogP contribution in [0.2, 0.25) is 0 Å². The largest absolute Gasteiger partial charge is 0.481 e. The second-order valence-corrected chi connectivity index (χ2v) is 15.6. The Labute approximate surface area is 309 Å². The zero-order chi connectivity index (χ0) is 38.6. The monoisotopic (exact) mass is 735 g/mol. The molecule has 0 spiro atoms. The highest BCUT2D eigenvalue weighted by Gasteiger charge is 2.27. The van der Waals surface area contributed by atoms with Gasteiger partial charge < -0.3 is 35.0 Å². The van der Waals surface area contributed by atoms with Crippen molar-refractivity contribution >= 4 is 30.0 Å². The number of carboxylic acid groups (broad SMARTS) is 1. The Morgan fingerprint density at radius 2 is 1.29 bits per heavy atom. The van der Waals surface area contributed by atoms with Gasteiger partial charge in [0.15, 0.2) is 0 Å². The van der Waals surface area contributed by atoms with Crippen molar-refractivity contribution in [1.82, 2.24) is 35.4 Å². The highest BCUT2D eigenvalue weighted by atomic mass is 16.6. The summed E-state index contributed by atoms with van der Waals surface area (Å²) in [6.45, 7) is 14.0. The minimum atomic E-state index is -0.862. The van der Waals surface area contributed by atoms with E-state index in [1.807, 2.05) is 25.7 Å². The molecule has 15 heteroatoms. The Bertz CT molecular complexity index is 1250. The molecule has 1 atom stereocenters. The van der Waals surface area contributed by atoms with E-state index in [1.54, 1.807) is 36.5 Å². The number of rotatable bonds is 22. The first-order chi connectivity index (χ1) is 24.5. The molecule has 2 heterocycles. The van der Waals surface area contributed by atoms with E-state index in [2.05, 4.69) is 20.9 Å². The van der Waals surface area contributed by atoms with Crippen LogP contribution in [-0.4, -0.2) is 110 Å². The van der Waals surface area contributed by atoms with E-state index in [-0.39, 0.29) is 24.3 Å². The zero-order valence-electron chi connectivity index (χ0n) is 32.5. The summed E-state index contributed by atoms with van der Waals surface area (Å²) in [6.07, 6.45) is 12.4. The predicted octanol–water partition coefficient (Wildman–Crippen LogP) is 5.63. The number of hydrogen-bond donors (Lipinski definition) is 3. The number of carbonyl (C=O) groups is 5. The van der Waals surface area contributed by atoms with E-state index >= 15 is 0 Å². The topological polar surface area (TPSA) is 185 Å². The SMILES string of the molecule is CC(C)(C)OC(=O)NCCCC[C@@H](C(=O)NCCCCCCCCCCC(=O)N1CCN(C(=O)OC(C)(C)C)CC1)n1cc(CCCC(=O)O)nn1. The Hall–Kier alpha value is -3.91. The molecule has 1 aliphatic heterocycles. The second kappa shape index (κ2) is 22.9. The molecule has 1 aliphatic rings. The molecular formula is C37H65N7O8. The first kappa shape index (κ1) is 44.3. The van der Waals surface area contributed by atoms with Crippen molar-refractivity contribution < 1.29 is 38.6 Å². The quantitative estimate of drug-likeness (QED) is 0.126. The molecule has 0 bridgehead atoms. The van der Waals surface area contributed by atoms with Crippen molar-refractivity contribution in [3.8, 4) is 0 Å². The highest BCUT2D eigenvalue weighted by molar-refractivity contribution is 5.80. The number of carbonyl (C=O) groups excluding carboxylic acids is 4. The van der Waals surface area contributed by atoms with Crippen LogP contribution in [0.4, 0.5) is 9.59 Å². The lowest BCUT2D eigenvalue weighted by atomic mass is 10.1. The van der Waals surface area contributed by atoms with Crippen LogP contribution < -0.4 is 10.6 Å². The lowest BCUT2D eigenvalue weighted by molar-refractivity contribution is -0.137. The number of aliphatic carboxylic acids is 1. The van der Waals surface area contributed by atoms with Crippen molar-refractivity contribution in [3.63, 3.8) is 0 Å². The number of aromatic nitrogens is 3. The maximum atomic E-state index is 13.2. The van der Waals surface area contributed by atoms with Gasteiger partial charge in [-0.05, 0) is 86.5 Å². The van der Waals surface area contributed by atoms with E-state index in [0.29, 0.717) is 83.5 Å². The van der Waals surface area contributed by atoms with E-state index in [4.69, 9.17) is 14.6 Å². The number of amides is 4. The van der Waals surface area contributed by atoms with E-state index in [0.717, 1.165) is 51.4 Å². The maximum absolute atomic E-state index is 13.2. The number of carboxylic acids is 1. The van der Waals surface area contributed by atoms with Crippen molar-refractivity contribution in [1.29, 1.82) is 0 Å². The third-order valence-corrected chi connectivity index (χ3v) is 8.48. The van der Waals surface area contributed by atoms with Crippen molar-refractivity contribution in [2.45, 2.75) is 155 Å². The van der Waals surface area contributed by atoms with E-state index < -0.39 is 29.3 Å². The number of piperazine rings is 1. The Kier molecular flexibility index (Phi) is 19.5. The molecule has 3 N–H and O–H groups in total. The Morgan fingerprint density at radius 1 is 0.731 bits per heavy atom. The highest BCUT2D eigenvalue weighted by Crippen LogP contribution is 2.17. The smallest absolute Gasteiger partial charge is 0.410 e. The standard InChI is InChI=1S/C37H65N7O8/c1-36(2,3)51-34(49)39-23-16-14-19-30(44-28-29(40-41-44)18-17-21-32(46)47)33(48)38-22-15-12-10-8-7-9-11-13-20-31(45)42-24-26-43(27-25-42)35(50)52-37(4,5)6/h28,30H,7-27H2,1-6H3,(H,38,48)(H,39,49)(H,46,47)/t30-/m0/s1. The molecule has 15 nitrogen and oxygen atoms in total. The number of nitrogens with zero attached hydrogens (tertiary/aromatic N) is 5. The van der Waals surface area contributed by atoms with Crippen LogP contribution in [0.1, 0.15) is 143 Å². The molecule has 0 aliphatic carbocycles. The van der Waals surface area contributed by atoms with Crippen LogP contribution in [0, 0.1) is 0 Å². The van der Waals surface area contributed by atoms with Crippen molar-refractivity contribution in [2.75, 3.05) is 39.3 Å². The molecule has 4 amide bonds. The maximum Gasteiger partial charge on any atom is 0.410 e. The summed E-state index contributed by atoms with van der Waals surface area (Å²) < 4.78 is 12.3. The number of alkyl carbamates (subject to hydrolysis) is 1. The lowest BCUT2D eigenvalue weighted by Crippen LogP contribution is -2.51. The first-order valence-corrected chi connectivity index (χ1v) is 19.2. The van der Waals surface area contributed by atoms with Gasteiger partial charge in [0.1, 0.15) is 17.2 Å². The lowest BCUT2D eigenvalue weighted by Gasteiger charge is -2.35. The fraction of sp³-hybridized carbons (Fsp3) is 0.811. The van der Waals surface area contributed by atoms with E-state index in [9.17, 15) is 24.0 Å². The van der Waals surface area contributed by atoms with Gasteiger partial charge in [-0.15, -0.1) is 5.10 Å². The van der Waals surface area contributed by atoms with Gasteiger partial charge in [0.2, 0.25) is 11.8 Å². The van der Waals surface area contributed by atoms with Gasteiger partial charge in [-0.1, -0.05) is 43.7 Å². The molecule has 1 aromatic rings. The Morgan fingerprint density at radius 3 is 1.90 bits per heavy atom. The fourth-order valence-corrected chi connectivity index (χ4v) is 5.77. The number of nitrogens with one attached hydrogen (secondary N) is 2.